The maximum atomic E-state index is 8.73. The molecule has 2 rings (SSSR count). The van der Waals surface area contributed by atoms with Gasteiger partial charge in [0.15, 0.2) is 0 Å². The molecule has 0 bridgehead atoms. The zero-order valence-electron chi connectivity index (χ0n) is 6.96. The molecule has 1 N–H and O–H groups in total. The van der Waals surface area contributed by atoms with Crippen LogP contribution in [0.25, 0.3) is 11.0 Å². The summed E-state index contributed by atoms with van der Waals surface area (Å²) in [7, 11) is 0. The normalized spacial score (nSPS) is 10.9. The van der Waals surface area contributed by atoms with Crippen LogP contribution in [0.1, 0.15) is 5.76 Å². The van der Waals surface area contributed by atoms with Crippen molar-refractivity contribution in [2.24, 2.45) is 0 Å². The van der Waals surface area contributed by atoms with Crippen LogP contribution >= 0.6 is 15.9 Å². The first-order chi connectivity index (χ1) is 6.29. The molecule has 0 saturated heterocycles. The second-order valence-corrected chi connectivity index (χ2v) is 3.78. The molecule has 0 aliphatic rings. The number of hydrogen-bond donors (Lipinski definition) is 1. The largest absolute Gasteiger partial charge is 0.461 e. The molecule has 0 radical (unpaired) electrons. The molecule has 0 unspecified atom stereocenters. The molecular formula is C10H9BrO2. The number of furan rings is 1. The Kier molecular flexibility index (Phi) is 2.38. The first kappa shape index (κ1) is 8.78. The zero-order valence-corrected chi connectivity index (χ0v) is 8.54. The minimum Gasteiger partial charge on any atom is -0.461 e. The van der Waals surface area contributed by atoms with Gasteiger partial charge in [0.2, 0.25) is 0 Å². The molecular weight excluding hydrogens is 232 g/mol. The SMILES string of the molecule is OCCc1cc2ccc(Br)cc2o1. The average molecular weight is 241 g/mol. The van der Waals surface area contributed by atoms with Gasteiger partial charge in [0.1, 0.15) is 11.3 Å². The van der Waals surface area contributed by atoms with Crippen LogP contribution in [-0.2, 0) is 6.42 Å². The van der Waals surface area contributed by atoms with Gasteiger partial charge in [0.25, 0.3) is 0 Å². The van der Waals surface area contributed by atoms with Crippen molar-refractivity contribution in [1.82, 2.24) is 0 Å². The van der Waals surface area contributed by atoms with Crippen LogP contribution in [0.4, 0.5) is 0 Å². The summed E-state index contributed by atoms with van der Waals surface area (Å²) < 4.78 is 6.50. The molecule has 0 fully saturated rings. The third kappa shape index (κ3) is 1.76. The van der Waals surface area contributed by atoms with Crippen molar-refractivity contribution < 1.29 is 9.52 Å². The van der Waals surface area contributed by atoms with Gasteiger partial charge in [-0.05, 0) is 24.3 Å². The number of aliphatic hydroxyl groups is 1. The third-order valence-electron chi connectivity index (χ3n) is 1.89. The second kappa shape index (κ2) is 3.52. The Morgan fingerprint density at radius 3 is 2.92 bits per heavy atom. The fourth-order valence-corrected chi connectivity index (χ4v) is 1.63. The first-order valence-electron chi connectivity index (χ1n) is 4.08. The van der Waals surface area contributed by atoms with Gasteiger partial charge in [-0.1, -0.05) is 15.9 Å². The molecule has 0 amide bonds. The smallest absolute Gasteiger partial charge is 0.135 e. The van der Waals surface area contributed by atoms with E-state index in [4.69, 9.17) is 9.52 Å². The summed E-state index contributed by atoms with van der Waals surface area (Å²) in [5.74, 6) is 0.829. The number of fused-ring (bicyclic) bond motifs is 1. The van der Waals surface area contributed by atoms with Crippen molar-refractivity contribution in [3.8, 4) is 0 Å². The third-order valence-corrected chi connectivity index (χ3v) is 2.38. The van der Waals surface area contributed by atoms with Gasteiger partial charge >= 0.3 is 0 Å². The summed E-state index contributed by atoms with van der Waals surface area (Å²) in [6.45, 7) is 0.126. The van der Waals surface area contributed by atoms with Crippen LogP contribution in [0.2, 0.25) is 0 Å². The minimum absolute atomic E-state index is 0.126. The molecule has 0 saturated carbocycles. The monoisotopic (exact) mass is 240 g/mol. The molecule has 13 heavy (non-hydrogen) atoms. The van der Waals surface area contributed by atoms with Crippen molar-refractivity contribution in [1.29, 1.82) is 0 Å². The van der Waals surface area contributed by atoms with Gasteiger partial charge in [-0.2, -0.15) is 0 Å². The van der Waals surface area contributed by atoms with Gasteiger partial charge < -0.3 is 9.52 Å². The van der Waals surface area contributed by atoms with Crippen LogP contribution in [0.15, 0.2) is 33.2 Å². The minimum atomic E-state index is 0.126. The maximum Gasteiger partial charge on any atom is 0.135 e. The molecule has 0 spiro atoms. The second-order valence-electron chi connectivity index (χ2n) is 2.87. The van der Waals surface area contributed by atoms with Crippen molar-refractivity contribution in [3.63, 3.8) is 0 Å². The fourth-order valence-electron chi connectivity index (χ4n) is 1.29. The van der Waals surface area contributed by atoms with Crippen molar-refractivity contribution in [3.05, 3.63) is 34.5 Å². The summed E-state index contributed by atoms with van der Waals surface area (Å²) in [6.07, 6.45) is 0.576. The van der Waals surface area contributed by atoms with E-state index in [0.29, 0.717) is 6.42 Å². The summed E-state index contributed by atoms with van der Waals surface area (Å²) in [4.78, 5) is 0. The van der Waals surface area contributed by atoms with E-state index in [1.165, 1.54) is 0 Å². The lowest BCUT2D eigenvalue weighted by Gasteiger charge is -1.89. The molecule has 1 aromatic heterocycles. The highest BCUT2D eigenvalue weighted by molar-refractivity contribution is 9.10. The van der Waals surface area contributed by atoms with Crippen molar-refractivity contribution in [2.45, 2.75) is 6.42 Å². The lowest BCUT2D eigenvalue weighted by atomic mass is 10.2. The molecule has 1 heterocycles. The summed E-state index contributed by atoms with van der Waals surface area (Å²) >= 11 is 3.37. The number of benzene rings is 1. The highest BCUT2D eigenvalue weighted by Crippen LogP contribution is 2.23. The molecule has 2 aromatic rings. The van der Waals surface area contributed by atoms with Gasteiger partial charge in [0, 0.05) is 16.3 Å². The highest BCUT2D eigenvalue weighted by atomic mass is 79.9. The van der Waals surface area contributed by atoms with Crippen LogP contribution in [0, 0.1) is 0 Å². The van der Waals surface area contributed by atoms with Gasteiger partial charge in [-0.15, -0.1) is 0 Å². The predicted molar refractivity (Wildman–Crippen MR) is 54.7 cm³/mol. The average Bonchev–Trinajstić information content (AvgIpc) is 2.46. The Morgan fingerprint density at radius 2 is 2.15 bits per heavy atom. The summed E-state index contributed by atoms with van der Waals surface area (Å²) in [5.41, 5.74) is 0.859. The zero-order chi connectivity index (χ0) is 9.26. The Labute approximate surface area is 84.3 Å². The lowest BCUT2D eigenvalue weighted by Crippen LogP contribution is -1.85. The molecule has 0 aliphatic heterocycles. The molecule has 0 aliphatic carbocycles. The predicted octanol–water partition coefficient (Wildman–Crippen LogP) is 2.73. The molecule has 1 aromatic carbocycles. The Morgan fingerprint density at radius 1 is 1.31 bits per heavy atom. The van der Waals surface area contributed by atoms with Crippen LogP contribution in [0.5, 0.6) is 0 Å². The Balaban J connectivity index is 2.49. The number of halogens is 1. The van der Waals surface area contributed by atoms with E-state index in [2.05, 4.69) is 15.9 Å². The van der Waals surface area contributed by atoms with Gasteiger partial charge in [-0.3, -0.25) is 0 Å². The van der Waals surface area contributed by atoms with E-state index >= 15 is 0 Å². The van der Waals surface area contributed by atoms with E-state index in [1.54, 1.807) is 0 Å². The Hall–Kier alpha value is -0.800. The lowest BCUT2D eigenvalue weighted by molar-refractivity contribution is 0.289. The first-order valence-corrected chi connectivity index (χ1v) is 4.88. The van der Waals surface area contributed by atoms with Crippen LogP contribution in [0.3, 0.4) is 0 Å². The van der Waals surface area contributed by atoms with Gasteiger partial charge in [0.05, 0.1) is 6.61 Å². The van der Waals surface area contributed by atoms with Crippen molar-refractivity contribution >= 4 is 26.9 Å². The fraction of sp³-hybridized carbons (Fsp3) is 0.200. The van der Waals surface area contributed by atoms with E-state index in [1.807, 2.05) is 24.3 Å². The molecule has 0 atom stereocenters. The van der Waals surface area contributed by atoms with Crippen LogP contribution < -0.4 is 0 Å². The van der Waals surface area contributed by atoms with Crippen LogP contribution in [-0.4, -0.2) is 11.7 Å². The summed E-state index contributed by atoms with van der Waals surface area (Å²) in [5, 5.41) is 9.81. The highest BCUT2D eigenvalue weighted by Gasteiger charge is 2.02. The topological polar surface area (TPSA) is 33.4 Å². The van der Waals surface area contributed by atoms with Gasteiger partial charge in [-0.25, -0.2) is 0 Å². The molecule has 68 valence electrons. The van der Waals surface area contributed by atoms with E-state index in [0.717, 1.165) is 21.2 Å². The number of aliphatic hydroxyl groups excluding tert-OH is 1. The molecule has 3 heteroatoms. The number of hydrogen-bond acceptors (Lipinski definition) is 2. The maximum absolute atomic E-state index is 8.73. The van der Waals surface area contributed by atoms with Crippen molar-refractivity contribution in [2.75, 3.05) is 6.61 Å². The number of rotatable bonds is 2. The summed E-state index contributed by atoms with van der Waals surface area (Å²) in [6, 6.07) is 7.85. The quantitative estimate of drug-likeness (QED) is 0.876. The van der Waals surface area contributed by atoms with E-state index in [9.17, 15) is 0 Å². The van der Waals surface area contributed by atoms with E-state index in [-0.39, 0.29) is 6.61 Å². The standard InChI is InChI=1S/C10H9BrO2/c11-8-2-1-7-5-9(3-4-12)13-10(7)6-8/h1-2,5-6,12H,3-4H2. The van der Waals surface area contributed by atoms with E-state index < -0.39 is 0 Å². The Bertz CT molecular complexity index is 420. The molecule has 2 nitrogen and oxygen atoms in total.